The number of carbonyl (C=O) groups excluding carboxylic acids is 1. The largest absolute Gasteiger partial charge is 0.482 e. The van der Waals surface area contributed by atoms with Crippen molar-refractivity contribution in [2.24, 2.45) is 0 Å². The van der Waals surface area contributed by atoms with E-state index in [1.165, 1.54) is 0 Å². The number of ether oxygens (including phenoxy) is 1. The minimum atomic E-state index is -0.300. The molecule has 1 heterocycles. The standard InChI is InChI=1S/C20H13Cl2NO3/c21-12-5-8-18(16(22)9-12)25-11-20(24)23-13-6-7-15-14-3-1-2-4-17(14)26-19(15)10-13/h1-10H,11H2,(H,23,24). The average molecular weight is 386 g/mol. The second-order valence-corrected chi connectivity index (χ2v) is 6.56. The summed E-state index contributed by atoms with van der Waals surface area (Å²) in [5, 5.41) is 5.69. The van der Waals surface area contributed by atoms with Crippen LogP contribution in [0.4, 0.5) is 5.69 Å². The number of hydrogen-bond donors (Lipinski definition) is 1. The number of anilines is 1. The molecule has 0 saturated heterocycles. The van der Waals surface area contributed by atoms with E-state index in [2.05, 4.69) is 5.32 Å². The van der Waals surface area contributed by atoms with Gasteiger partial charge in [0.25, 0.3) is 5.91 Å². The number of nitrogens with one attached hydrogen (secondary N) is 1. The molecular formula is C20H13Cl2NO3. The van der Waals surface area contributed by atoms with E-state index in [1.807, 2.05) is 36.4 Å². The first-order valence-corrected chi connectivity index (χ1v) is 8.65. The third-order valence-electron chi connectivity index (χ3n) is 3.92. The Labute approximate surface area is 159 Å². The zero-order chi connectivity index (χ0) is 18.1. The molecule has 0 saturated carbocycles. The molecule has 4 aromatic rings. The first-order valence-electron chi connectivity index (χ1n) is 7.89. The Hall–Kier alpha value is -2.69. The molecule has 0 atom stereocenters. The van der Waals surface area contributed by atoms with E-state index >= 15 is 0 Å². The number of hydrogen-bond acceptors (Lipinski definition) is 3. The van der Waals surface area contributed by atoms with Crippen molar-refractivity contribution in [3.05, 3.63) is 70.7 Å². The minimum Gasteiger partial charge on any atom is -0.482 e. The molecule has 0 radical (unpaired) electrons. The molecule has 3 aromatic carbocycles. The Morgan fingerprint density at radius 2 is 1.77 bits per heavy atom. The van der Waals surface area contributed by atoms with Gasteiger partial charge in [0, 0.05) is 27.5 Å². The molecule has 4 rings (SSSR count). The topological polar surface area (TPSA) is 51.5 Å². The lowest BCUT2D eigenvalue weighted by atomic mass is 10.1. The van der Waals surface area contributed by atoms with Crippen LogP contribution < -0.4 is 10.1 Å². The maximum absolute atomic E-state index is 12.1. The second-order valence-electron chi connectivity index (χ2n) is 5.72. The first kappa shape index (κ1) is 16.8. The highest BCUT2D eigenvalue weighted by Crippen LogP contribution is 2.30. The molecule has 0 spiro atoms. The monoisotopic (exact) mass is 385 g/mol. The van der Waals surface area contributed by atoms with Gasteiger partial charge >= 0.3 is 0 Å². The molecular weight excluding hydrogens is 373 g/mol. The Balaban J connectivity index is 1.47. The number of furan rings is 1. The summed E-state index contributed by atoms with van der Waals surface area (Å²) in [5.41, 5.74) is 2.16. The summed E-state index contributed by atoms with van der Waals surface area (Å²) in [6.45, 7) is -0.167. The fourth-order valence-electron chi connectivity index (χ4n) is 2.74. The molecule has 0 aliphatic rings. The Morgan fingerprint density at radius 1 is 0.962 bits per heavy atom. The fourth-order valence-corrected chi connectivity index (χ4v) is 3.20. The van der Waals surface area contributed by atoms with E-state index in [9.17, 15) is 4.79 Å². The van der Waals surface area contributed by atoms with Crippen LogP contribution in [0.15, 0.2) is 65.1 Å². The van der Waals surface area contributed by atoms with Gasteiger partial charge in [-0.15, -0.1) is 0 Å². The van der Waals surface area contributed by atoms with Crippen molar-refractivity contribution in [2.45, 2.75) is 0 Å². The summed E-state index contributed by atoms with van der Waals surface area (Å²) in [6.07, 6.45) is 0. The van der Waals surface area contributed by atoms with Gasteiger partial charge in [0.1, 0.15) is 16.9 Å². The lowest BCUT2D eigenvalue weighted by Gasteiger charge is -2.09. The Morgan fingerprint density at radius 3 is 2.62 bits per heavy atom. The van der Waals surface area contributed by atoms with Crippen molar-refractivity contribution in [1.82, 2.24) is 0 Å². The molecule has 6 heteroatoms. The summed E-state index contributed by atoms with van der Waals surface area (Å²) in [6, 6.07) is 18.2. The van der Waals surface area contributed by atoms with Gasteiger partial charge in [-0.1, -0.05) is 41.4 Å². The number of rotatable bonds is 4. The van der Waals surface area contributed by atoms with Gasteiger partial charge in [0.15, 0.2) is 6.61 Å². The molecule has 1 N–H and O–H groups in total. The normalized spacial score (nSPS) is 11.0. The molecule has 130 valence electrons. The minimum absolute atomic E-state index is 0.167. The van der Waals surface area contributed by atoms with Gasteiger partial charge in [0.2, 0.25) is 0 Å². The highest BCUT2D eigenvalue weighted by Gasteiger charge is 2.10. The van der Waals surface area contributed by atoms with Crippen molar-refractivity contribution in [3.63, 3.8) is 0 Å². The van der Waals surface area contributed by atoms with Gasteiger partial charge in [0.05, 0.1) is 5.02 Å². The molecule has 26 heavy (non-hydrogen) atoms. The first-order chi connectivity index (χ1) is 12.6. The van der Waals surface area contributed by atoms with Crippen molar-refractivity contribution in [2.75, 3.05) is 11.9 Å². The molecule has 0 bridgehead atoms. The van der Waals surface area contributed by atoms with Crippen LogP contribution in [-0.2, 0) is 4.79 Å². The predicted molar refractivity (Wildman–Crippen MR) is 104 cm³/mol. The van der Waals surface area contributed by atoms with Crippen molar-refractivity contribution in [1.29, 1.82) is 0 Å². The predicted octanol–water partition coefficient (Wildman–Crippen LogP) is 5.91. The number of benzene rings is 3. The summed E-state index contributed by atoms with van der Waals surface area (Å²) in [7, 11) is 0. The van der Waals surface area contributed by atoms with E-state index in [0.29, 0.717) is 27.1 Å². The van der Waals surface area contributed by atoms with Crippen LogP contribution in [0.3, 0.4) is 0 Å². The van der Waals surface area contributed by atoms with E-state index in [0.717, 1.165) is 16.4 Å². The number of fused-ring (bicyclic) bond motifs is 3. The zero-order valence-corrected chi connectivity index (χ0v) is 15.0. The quantitative estimate of drug-likeness (QED) is 0.474. The van der Waals surface area contributed by atoms with Gasteiger partial charge in [-0.2, -0.15) is 0 Å². The summed E-state index contributed by atoms with van der Waals surface area (Å²) in [4.78, 5) is 12.1. The molecule has 1 amide bonds. The third-order valence-corrected chi connectivity index (χ3v) is 4.45. The van der Waals surface area contributed by atoms with Gasteiger partial charge in [-0.05, 0) is 36.4 Å². The van der Waals surface area contributed by atoms with E-state index in [-0.39, 0.29) is 12.5 Å². The summed E-state index contributed by atoms with van der Waals surface area (Å²) in [5.74, 6) is 0.102. The van der Waals surface area contributed by atoms with E-state index < -0.39 is 0 Å². The van der Waals surface area contributed by atoms with Crippen LogP contribution in [0.2, 0.25) is 10.0 Å². The molecule has 0 unspecified atom stereocenters. The van der Waals surface area contributed by atoms with E-state index in [4.69, 9.17) is 32.4 Å². The number of carbonyl (C=O) groups is 1. The number of amides is 1. The zero-order valence-electron chi connectivity index (χ0n) is 13.5. The third kappa shape index (κ3) is 3.34. The van der Waals surface area contributed by atoms with Gasteiger partial charge in [-0.3, -0.25) is 4.79 Å². The molecule has 0 fully saturated rings. The van der Waals surface area contributed by atoms with Crippen LogP contribution >= 0.6 is 23.2 Å². The molecule has 0 aliphatic carbocycles. The second kappa shape index (κ2) is 6.90. The maximum Gasteiger partial charge on any atom is 0.262 e. The smallest absolute Gasteiger partial charge is 0.262 e. The summed E-state index contributed by atoms with van der Waals surface area (Å²) >= 11 is 11.9. The number of para-hydroxylation sites is 1. The van der Waals surface area contributed by atoms with Gasteiger partial charge in [-0.25, -0.2) is 0 Å². The fraction of sp³-hybridized carbons (Fsp3) is 0.0500. The molecule has 1 aromatic heterocycles. The van der Waals surface area contributed by atoms with Crippen LogP contribution in [-0.4, -0.2) is 12.5 Å². The average Bonchev–Trinajstić information content (AvgIpc) is 2.98. The van der Waals surface area contributed by atoms with Crippen molar-refractivity contribution >= 4 is 56.7 Å². The van der Waals surface area contributed by atoms with Crippen LogP contribution in [0.5, 0.6) is 5.75 Å². The van der Waals surface area contributed by atoms with Crippen LogP contribution in [0.25, 0.3) is 21.9 Å². The highest BCUT2D eigenvalue weighted by molar-refractivity contribution is 6.35. The maximum atomic E-state index is 12.1. The lowest BCUT2D eigenvalue weighted by Crippen LogP contribution is -2.20. The van der Waals surface area contributed by atoms with Crippen molar-refractivity contribution < 1.29 is 13.9 Å². The van der Waals surface area contributed by atoms with Crippen molar-refractivity contribution in [3.8, 4) is 5.75 Å². The lowest BCUT2D eigenvalue weighted by molar-refractivity contribution is -0.118. The van der Waals surface area contributed by atoms with Crippen LogP contribution in [0.1, 0.15) is 0 Å². The highest BCUT2D eigenvalue weighted by atomic mass is 35.5. The Kier molecular flexibility index (Phi) is 4.45. The number of halogens is 2. The molecule has 0 aliphatic heterocycles. The molecule has 4 nitrogen and oxygen atoms in total. The summed E-state index contributed by atoms with van der Waals surface area (Å²) < 4.78 is 11.3. The SMILES string of the molecule is O=C(COc1ccc(Cl)cc1Cl)Nc1ccc2c(c1)oc1ccccc12. The van der Waals surface area contributed by atoms with Gasteiger partial charge < -0.3 is 14.5 Å². The van der Waals surface area contributed by atoms with Crippen LogP contribution in [0, 0.1) is 0 Å². The van der Waals surface area contributed by atoms with E-state index in [1.54, 1.807) is 24.3 Å². The Bertz CT molecular complexity index is 1120.